The van der Waals surface area contributed by atoms with Crippen molar-refractivity contribution in [2.45, 2.75) is 19.8 Å². The summed E-state index contributed by atoms with van der Waals surface area (Å²) in [6.07, 6.45) is 0.444. The van der Waals surface area contributed by atoms with Gasteiger partial charge in [0.05, 0.1) is 33.7 Å². The fourth-order valence-corrected chi connectivity index (χ4v) is 4.18. The lowest BCUT2D eigenvalue weighted by molar-refractivity contribution is -0.142. The van der Waals surface area contributed by atoms with Gasteiger partial charge in [0, 0.05) is 35.2 Å². The molecule has 3 aromatic rings. The minimum Gasteiger partial charge on any atom is -0.493 e. The Morgan fingerprint density at radius 2 is 1.59 bits per heavy atom. The van der Waals surface area contributed by atoms with E-state index in [1.165, 1.54) is 11.3 Å². The second-order valence-electron chi connectivity index (χ2n) is 7.12. The van der Waals surface area contributed by atoms with Crippen LogP contribution in [0.4, 0.5) is 5.69 Å². The summed E-state index contributed by atoms with van der Waals surface area (Å²) < 4.78 is 19.8. The first-order valence-electron chi connectivity index (χ1n) is 10.7. The highest BCUT2D eigenvalue weighted by atomic mass is 32.1. The second kappa shape index (κ2) is 14.0. The molecule has 1 amide bonds. The summed E-state index contributed by atoms with van der Waals surface area (Å²) in [5, 5.41) is 3.00. The quantitative estimate of drug-likeness (QED) is 0.431. The highest BCUT2D eigenvalue weighted by molar-refractivity contribution is 7.15. The van der Waals surface area contributed by atoms with Crippen molar-refractivity contribution in [3.05, 3.63) is 65.0 Å². The number of nitrogens with one attached hydrogen (secondary N) is 1. The number of ether oxygens (including phenoxy) is 4. The number of anilines is 1. The smallest absolute Gasteiger partial charge is 0.311 e. The third-order valence-electron chi connectivity index (χ3n) is 4.56. The summed E-state index contributed by atoms with van der Waals surface area (Å²) in [5.74, 6) is 0.824. The van der Waals surface area contributed by atoms with E-state index in [2.05, 4.69) is 10.1 Å². The van der Waals surface area contributed by atoms with Crippen LogP contribution < -0.4 is 14.8 Å². The number of hydrogen-bond acceptors (Lipinski definition) is 7. The molecule has 2 aromatic carbocycles. The Kier molecular flexibility index (Phi) is 11.1. The Morgan fingerprint density at radius 1 is 0.882 bits per heavy atom. The van der Waals surface area contributed by atoms with Crippen molar-refractivity contribution in [2.75, 3.05) is 40.4 Å². The van der Waals surface area contributed by atoms with Crippen molar-refractivity contribution < 1.29 is 28.5 Å². The molecule has 0 atom stereocenters. The number of esters is 1. The summed E-state index contributed by atoms with van der Waals surface area (Å²) in [4.78, 5) is 26.3. The topological polar surface area (TPSA) is 83.1 Å². The third kappa shape index (κ3) is 7.90. The molecule has 182 valence electrons. The SMILES string of the molecule is CCOC(=O)Cc1ccc(-c2ccccc2NC(=O)Cc2ccc(OC)c(OC)c2)s1.COC. The predicted octanol–water partition coefficient (Wildman–Crippen LogP) is 4.98. The van der Waals surface area contributed by atoms with Crippen LogP contribution in [-0.4, -0.2) is 46.9 Å². The summed E-state index contributed by atoms with van der Waals surface area (Å²) in [6.45, 7) is 2.16. The first-order chi connectivity index (χ1) is 16.4. The normalized spacial score (nSPS) is 10.0. The first kappa shape index (κ1) is 26.9. The Hall–Kier alpha value is -3.36. The lowest BCUT2D eigenvalue weighted by Gasteiger charge is -2.12. The maximum Gasteiger partial charge on any atom is 0.311 e. The Balaban J connectivity index is 0.00000129. The number of methoxy groups -OCH3 is 3. The van der Waals surface area contributed by atoms with Gasteiger partial charge in [-0.1, -0.05) is 24.3 Å². The Morgan fingerprint density at radius 3 is 2.26 bits per heavy atom. The fraction of sp³-hybridized carbons (Fsp3) is 0.308. The minimum absolute atomic E-state index is 0.136. The number of thiophene rings is 1. The highest BCUT2D eigenvalue weighted by Crippen LogP contribution is 2.34. The van der Waals surface area contributed by atoms with Gasteiger partial charge in [-0.25, -0.2) is 0 Å². The molecular formula is C26H31NO6S. The zero-order valence-corrected chi connectivity index (χ0v) is 21.0. The first-order valence-corrected chi connectivity index (χ1v) is 11.5. The molecule has 0 aliphatic carbocycles. The second-order valence-corrected chi connectivity index (χ2v) is 8.28. The van der Waals surface area contributed by atoms with E-state index >= 15 is 0 Å². The molecule has 0 bridgehead atoms. The van der Waals surface area contributed by atoms with E-state index in [0.717, 1.165) is 26.6 Å². The van der Waals surface area contributed by atoms with Gasteiger partial charge in [-0.05, 0) is 42.8 Å². The maximum atomic E-state index is 12.7. The molecule has 0 unspecified atom stereocenters. The van der Waals surface area contributed by atoms with Crippen molar-refractivity contribution >= 4 is 28.9 Å². The van der Waals surface area contributed by atoms with E-state index in [-0.39, 0.29) is 24.7 Å². The molecule has 0 radical (unpaired) electrons. The van der Waals surface area contributed by atoms with Crippen LogP contribution in [0.1, 0.15) is 17.4 Å². The number of para-hydroxylation sites is 1. The van der Waals surface area contributed by atoms with Crippen molar-refractivity contribution in [1.29, 1.82) is 0 Å². The summed E-state index contributed by atoms with van der Waals surface area (Å²) in [6, 6.07) is 16.9. The molecule has 0 spiro atoms. The van der Waals surface area contributed by atoms with Crippen molar-refractivity contribution in [2.24, 2.45) is 0 Å². The Labute approximate surface area is 204 Å². The van der Waals surface area contributed by atoms with Crippen LogP contribution in [0.15, 0.2) is 54.6 Å². The van der Waals surface area contributed by atoms with Gasteiger partial charge in [0.1, 0.15) is 0 Å². The van der Waals surface area contributed by atoms with Crippen molar-refractivity contribution in [1.82, 2.24) is 0 Å². The molecule has 1 N–H and O–H groups in total. The van der Waals surface area contributed by atoms with E-state index in [1.807, 2.05) is 42.5 Å². The van der Waals surface area contributed by atoms with Gasteiger partial charge in [-0.2, -0.15) is 0 Å². The maximum absolute atomic E-state index is 12.7. The van der Waals surface area contributed by atoms with E-state index in [0.29, 0.717) is 18.1 Å². The third-order valence-corrected chi connectivity index (χ3v) is 5.68. The van der Waals surface area contributed by atoms with Gasteiger partial charge in [0.25, 0.3) is 0 Å². The number of benzene rings is 2. The van der Waals surface area contributed by atoms with Gasteiger partial charge in [0.15, 0.2) is 11.5 Å². The minimum atomic E-state index is -0.243. The lowest BCUT2D eigenvalue weighted by atomic mass is 10.1. The van der Waals surface area contributed by atoms with Gasteiger partial charge in [0.2, 0.25) is 5.91 Å². The van der Waals surface area contributed by atoms with E-state index < -0.39 is 0 Å². The average molecular weight is 486 g/mol. The number of rotatable bonds is 9. The summed E-state index contributed by atoms with van der Waals surface area (Å²) in [7, 11) is 6.39. The lowest BCUT2D eigenvalue weighted by Crippen LogP contribution is -2.15. The number of hydrogen-bond donors (Lipinski definition) is 1. The van der Waals surface area contributed by atoms with Crippen molar-refractivity contribution in [3.63, 3.8) is 0 Å². The van der Waals surface area contributed by atoms with Crippen LogP contribution >= 0.6 is 11.3 Å². The zero-order chi connectivity index (χ0) is 24.9. The molecule has 0 fully saturated rings. The fourth-order valence-electron chi connectivity index (χ4n) is 3.15. The summed E-state index contributed by atoms with van der Waals surface area (Å²) >= 11 is 1.51. The van der Waals surface area contributed by atoms with Crippen LogP contribution in [0.5, 0.6) is 11.5 Å². The Bertz CT molecular complexity index is 1080. The predicted molar refractivity (Wildman–Crippen MR) is 135 cm³/mol. The molecular weight excluding hydrogens is 454 g/mol. The molecule has 0 saturated heterocycles. The molecule has 7 nitrogen and oxygen atoms in total. The molecule has 3 rings (SSSR count). The molecule has 1 aromatic heterocycles. The van der Waals surface area contributed by atoms with Gasteiger partial charge >= 0.3 is 5.97 Å². The van der Waals surface area contributed by atoms with Crippen LogP contribution in [-0.2, 0) is 31.9 Å². The average Bonchev–Trinajstić information content (AvgIpc) is 3.28. The van der Waals surface area contributed by atoms with Crippen LogP contribution in [0.3, 0.4) is 0 Å². The molecule has 34 heavy (non-hydrogen) atoms. The molecule has 0 aliphatic heterocycles. The van der Waals surface area contributed by atoms with Gasteiger partial charge in [-0.3, -0.25) is 9.59 Å². The zero-order valence-electron chi connectivity index (χ0n) is 20.2. The van der Waals surface area contributed by atoms with Crippen LogP contribution in [0.2, 0.25) is 0 Å². The largest absolute Gasteiger partial charge is 0.493 e. The van der Waals surface area contributed by atoms with E-state index in [4.69, 9.17) is 14.2 Å². The van der Waals surface area contributed by atoms with E-state index in [1.54, 1.807) is 47.5 Å². The van der Waals surface area contributed by atoms with Gasteiger partial charge < -0.3 is 24.3 Å². The highest BCUT2D eigenvalue weighted by Gasteiger charge is 2.14. The monoisotopic (exact) mass is 485 g/mol. The number of amides is 1. The summed E-state index contributed by atoms with van der Waals surface area (Å²) in [5.41, 5.74) is 2.45. The van der Waals surface area contributed by atoms with Crippen LogP contribution in [0, 0.1) is 0 Å². The molecule has 8 heteroatoms. The van der Waals surface area contributed by atoms with Gasteiger partial charge in [-0.15, -0.1) is 11.3 Å². The molecule has 0 aliphatic rings. The molecule has 1 heterocycles. The van der Waals surface area contributed by atoms with Crippen LogP contribution in [0.25, 0.3) is 10.4 Å². The number of carbonyl (C=O) groups excluding carboxylic acids is 2. The number of carbonyl (C=O) groups is 2. The van der Waals surface area contributed by atoms with Crippen molar-refractivity contribution in [3.8, 4) is 21.9 Å². The standard InChI is InChI=1S/C24H25NO5S.C2H6O/c1-4-30-24(27)15-17-10-12-22(31-17)18-7-5-6-8-19(18)25-23(26)14-16-9-11-20(28-2)21(13-16)29-3;1-3-2/h5-13H,4,14-15H2,1-3H3,(H,25,26);1-2H3. The van der Waals surface area contributed by atoms with E-state index in [9.17, 15) is 9.59 Å². The molecule has 0 saturated carbocycles.